The summed E-state index contributed by atoms with van der Waals surface area (Å²) in [5.74, 6) is -0.933. The number of aliphatic hydroxyl groups excluding tert-OH is 13. The summed E-state index contributed by atoms with van der Waals surface area (Å²) in [5, 5.41) is 144. The Kier molecular flexibility index (Phi) is 18.4. The van der Waals surface area contributed by atoms with Crippen LogP contribution in [0, 0.1) is 0 Å². The molecule has 3 saturated heterocycles. The first-order chi connectivity index (χ1) is 25.4. The van der Waals surface area contributed by atoms with Gasteiger partial charge in [-0.25, -0.2) is 0 Å². The molecule has 3 heterocycles. The van der Waals surface area contributed by atoms with Crippen molar-refractivity contribution in [1.82, 2.24) is 5.32 Å². The lowest BCUT2D eigenvalue weighted by molar-refractivity contribution is -0.373. The van der Waals surface area contributed by atoms with Crippen molar-refractivity contribution >= 4 is 5.97 Å². The van der Waals surface area contributed by atoms with Gasteiger partial charge in [-0.15, -0.1) is 0 Å². The van der Waals surface area contributed by atoms with Crippen LogP contribution in [0.2, 0.25) is 0 Å². The highest BCUT2D eigenvalue weighted by Gasteiger charge is 2.53. The molecule has 0 aromatic heterocycles. The number of hydrogen-bond acceptors (Lipinski definition) is 22. The van der Waals surface area contributed by atoms with Crippen LogP contribution in [0.25, 0.3) is 0 Å². The second-order valence-corrected chi connectivity index (χ2v) is 13.6. The van der Waals surface area contributed by atoms with Crippen molar-refractivity contribution in [3.8, 4) is 0 Å². The number of ether oxygens (including phenoxy) is 5. The molecule has 0 bridgehead atoms. The number of unbranched alkanes of at least 4 members (excludes halogenated alkanes) is 1. The van der Waals surface area contributed by atoms with Gasteiger partial charge >= 0.3 is 5.97 Å². The summed E-state index contributed by atoms with van der Waals surface area (Å²) in [5.41, 5.74) is 10.4. The Morgan fingerprint density at radius 3 is 1.83 bits per heavy atom. The van der Waals surface area contributed by atoms with Crippen LogP contribution >= 0.6 is 0 Å². The first-order valence-electron chi connectivity index (χ1n) is 17.5. The molecule has 54 heavy (non-hydrogen) atoms. The number of aliphatic carboxylic acids is 1. The zero-order valence-electron chi connectivity index (χ0n) is 29.4. The van der Waals surface area contributed by atoms with E-state index in [1.54, 1.807) is 0 Å². The van der Waals surface area contributed by atoms with Crippen LogP contribution in [0.15, 0.2) is 11.6 Å². The van der Waals surface area contributed by atoms with Crippen molar-refractivity contribution in [1.29, 1.82) is 0 Å². The Labute approximate surface area is 309 Å². The molecule has 0 aromatic carbocycles. The summed E-state index contributed by atoms with van der Waals surface area (Å²) in [6, 6.07) is -2.88. The van der Waals surface area contributed by atoms with E-state index in [1.807, 2.05) is 0 Å². The zero-order chi connectivity index (χ0) is 40.6. The monoisotopic (exact) mass is 791 g/mol. The van der Waals surface area contributed by atoms with E-state index in [-0.39, 0.29) is 5.57 Å². The molecule has 20 atom stereocenters. The van der Waals surface area contributed by atoms with E-state index in [2.05, 4.69) is 5.32 Å². The van der Waals surface area contributed by atoms with Crippen molar-refractivity contribution in [2.24, 2.45) is 11.5 Å². The minimum atomic E-state index is -1.93. The van der Waals surface area contributed by atoms with Crippen LogP contribution in [0.3, 0.4) is 0 Å². The van der Waals surface area contributed by atoms with Gasteiger partial charge < -0.3 is 112 Å². The van der Waals surface area contributed by atoms with E-state index in [9.17, 15) is 71.2 Å². The molecule has 23 heteroatoms. The number of hydrogen-bond donors (Lipinski definition) is 17. The topological polar surface area (TPSA) is 411 Å². The number of aliphatic hydroxyl groups is 13. The van der Waals surface area contributed by atoms with Crippen molar-refractivity contribution in [2.45, 2.75) is 149 Å². The van der Waals surface area contributed by atoms with Gasteiger partial charge in [0.2, 0.25) is 0 Å². The fraction of sp³-hybridized carbons (Fsp3) is 0.903. The molecule has 0 amide bonds. The predicted octanol–water partition coefficient (Wildman–Crippen LogP) is -9.04. The number of carbonyl (C=O) groups is 1. The molecule has 0 spiro atoms. The Morgan fingerprint density at radius 2 is 1.30 bits per heavy atom. The Balaban J connectivity index is 0.000000687. The van der Waals surface area contributed by atoms with Gasteiger partial charge in [0.05, 0.1) is 38.0 Å². The second kappa shape index (κ2) is 21.2. The molecule has 4 rings (SSSR count). The summed E-state index contributed by atoms with van der Waals surface area (Å²) in [6.07, 6.45) is -24.4. The molecule has 23 nitrogen and oxygen atoms in total. The second-order valence-electron chi connectivity index (χ2n) is 13.6. The highest BCUT2D eigenvalue weighted by Crippen LogP contribution is 2.32. The summed E-state index contributed by atoms with van der Waals surface area (Å²) >= 11 is 0. The third kappa shape index (κ3) is 11.1. The predicted molar refractivity (Wildman–Crippen MR) is 176 cm³/mol. The normalized spacial score (nSPS) is 44.8. The molecule has 4 aliphatic rings. The SMILES string of the molecule is C[C@H]1O[C@H](O[C@H]2[C@H](O)[C@@H](O)[C@@H](O[C@H]3[C@H](O)[C@@H](O)[C@H](O)O[C@@H]3CO)O[C@@H]2CO)[C@H](O)[C@@H](O)[C@@H]1N[C@H]1C=C(CO)[C@@H](O)[C@H](O)[C@H]1O.NCCCCC(N)C(=O)O. The molecule has 1 aliphatic carbocycles. The lowest BCUT2D eigenvalue weighted by Crippen LogP contribution is -2.68. The molecule has 316 valence electrons. The Morgan fingerprint density at radius 1 is 0.759 bits per heavy atom. The molecule has 19 N–H and O–H groups in total. The average molecular weight is 792 g/mol. The molecular weight excluding hydrogens is 734 g/mol. The minimum absolute atomic E-state index is 0.0225. The zero-order valence-corrected chi connectivity index (χ0v) is 29.4. The molecule has 3 aliphatic heterocycles. The van der Waals surface area contributed by atoms with E-state index in [1.165, 1.54) is 13.0 Å². The van der Waals surface area contributed by atoms with Crippen LogP contribution in [0.5, 0.6) is 0 Å². The van der Waals surface area contributed by atoms with Crippen LogP contribution in [-0.4, -0.2) is 226 Å². The van der Waals surface area contributed by atoms with Crippen molar-refractivity contribution < 1.29 is 100.0 Å². The number of carboxylic acids is 1. The summed E-state index contributed by atoms with van der Waals surface area (Å²) < 4.78 is 27.4. The van der Waals surface area contributed by atoms with Gasteiger partial charge in [0.1, 0.15) is 85.4 Å². The summed E-state index contributed by atoms with van der Waals surface area (Å²) in [7, 11) is 0. The van der Waals surface area contributed by atoms with Crippen LogP contribution in [-0.2, 0) is 28.5 Å². The van der Waals surface area contributed by atoms with Gasteiger partial charge in [0.15, 0.2) is 18.9 Å². The standard InChI is InChI=1S/C25H43NO18.C6H14N2O2/c1-6-11(26-8-2-7(3-27)12(30)15(33)13(8)31)14(32)19(37)24(40-6)43-22-10(5-29)42-25(20(38)17(22)35)44-21-9(4-28)41-23(39)18(36)16(21)34;7-4-2-1-3-5(8)6(9)10/h2,6,8-39H,3-5H2,1H3;5H,1-4,7-8H2,(H,9,10)/t6-,8+,9-,10-,11-,12-,13+,14+,15+,16-,17-,18-,19-,20-,21-,22-,23-,24-,25-;/m1./s1. The van der Waals surface area contributed by atoms with Crippen LogP contribution < -0.4 is 16.8 Å². The minimum Gasteiger partial charge on any atom is -0.480 e. The molecule has 3 fully saturated rings. The average Bonchev–Trinajstić information content (AvgIpc) is 3.15. The van der Waals surface area contributed by atoms with E-state index < -0.39 is 148 Å². The van der Waals surface area contributed by atoms with E-state index in [4.69, 9.17) is 40.3 Å². The Hall–Kier alpha value is -1.63. The van der Waals surface area contributed by atoms with Gasteiger partial charge in [-0.1, -0.05) is 12.5 Å². The fourth-order valence-electron chi connectivity index (χ4n) is 6.45. The number of carboxylic acid groups (broad SMARTS) is 1. The quantitative estimate of drug-likeness (QED) is 0.0573. The summed E-state index contributed by atoms with van der Waals surface area (Å²) in [4.78, 5) is 10.1. The maximum absolute atomic E-state index is 10.9. The smallest absolute Gasteiger partial charge is 0.320 e. The molecule has 0 radical (unpaired) electrons. The van der Waals surface area contributed by atoms with Crippen LogP contribution in [0.1, 0.15) is 26.2 Å². The highest BCUT2D eigenvalue weighted by atomic mass is 16.7. The third-order valence-electron chi connectivity index (χ3n) is 9.76. The molecule has 0 aromatic rings. The highest BCUT2D eigenvalue weighted by molar-refractivity contribution is 5.72. The van der Waals surface area contributed by atoms with Gasteiger partial charge in [0, 0.05) is 0 Å². The first-order valence-corrected chi connectivity index (χ1v) is 17.5. The third-order valence-corrected chi connectivity index (χ3v) is 9.76. The Bertz CT molecular complexity index is 1170. The van der Waals surface area contributed by atoms with E-state index >= 15 is 0 Å². The maximum atomic E-state index is 10.9. The van der Waals surface area contributed by atoms with Gasteiger partial charge in [0.25, 0.3) is 0 Å². The van der Waals surface area contributed by atoms with Crippen molar-refractivity contribution in [2.75, 3.05) is 26.4 Å². The number of nitrogens with one attached hydrogen (secondary N) is 1. The molecular formula is C31H57N3O20. The van der Waals surface area contributed by atoms with Gasteiger partial charge in [-0.05, 0) is 31.9 Å². The first kappa shape index (κ1) is 46.8. The van der Waals surface area contributed by atoms with Crippen LogP contribution in [0.4, 0.5) is 0 Å². The van der Waals surface area contributed by atoms with Gasteiger partial charge in [-0.2, -0.15) is 0 Å². The largest absolute Gasteiger partial charge is 0.480 e. The fourth-order valence-corrected chi connectivity index (χ4v) is 6.45. The number of rotatable bonds is 14. The van der Waals surface area contributed by atoms with Gasteiger partial charge in [-0.3, -0.25) is 4.79 Å². The van der Waals surface area contributed by atoms with E-state index in [0.29, 0.717) is 13.0 Å². The maximum Gasteiger partial charge on any atom is 0.320 e. The summed E-state index contributed by atoms with van der Waals surface area (Å²) in [6.45, 7) is -0.149. The van der Waals surface area contributed by atoms with Crippen molar-refractivity contribution in [3.05, 3.63) is 11.6 Å². The van der Waals surface area contributed by atoms with Crippen molar-refractivity contribution in [3.63, 3.8) is 0 Å². The molecule has 0 saturated carbocycles. The molecule has 1 unspecified atom stereocenters. The lowest BCUT2D eigenvalue weighted by Gasteiger charge is -2.48. The lowest BCUT2D eigenvalue weighted by atomic mass is 9.86. The number of nitrogens with two attached hydrogens (primary N) is 2. The van der Waals surface area contributed by atoms with E-state index in [0.717, 1.165) is 12.8 Å².